The second kappa shape index (κ2) is 7.72. The SMILES string of the molecule is CC(C)(C)c1ccc(C#CC#Cc2cn(Cc3ccccc3)nn2)cc1. The van der Waals surface area contributed by atoms with Gasteiger partial charge in [-0.25, -0.2) is 4.68 Å². The standard InChI is InChI=1S/C23H21N3/c1-23(2,3)21-15-13-19(14-16-21)9-7-8-12-22-18-26(25-24-22)17-20-10-5-4-6-11-20/h4-6,10-11,13-16,18H,17H2,1-3H3. The van der Waals surface area contributed by atoms with Crippen molar-refractivity contribution in [1.82, 2.24) is 15.0 Å². The minimum Gasteiger partial charge on any atom is -0.247 e. The molecule has 0 radical (unpaired) electrons. The molecule has 3 rings (SSSR count). The zero-order valence-electron chi connectivity index (χ0n) is 15.3. The quantitative estimate of drug-likeness (QED) is 0.660. The summed E-state index contributed by atoms with van der Waals surface area (Å²) >= 11 is 0. The maximum atomic E-state index is 4.10. The van der Waals surface area contributed by atoms with Gasteiger partial charge in [0, 0.05) is 5.56 Å². The fraction of sp³-hybridized carbons (Fsp3) is 0.217. The molecular formula is C23H21N3. The van der Waals surface area contributed by atoms with E-state index in [1.165, 1.54) is 11.1 Å². The molecule has 0 atom stereocenters. The highest BCUT2D eigenvalue weighted by molar-refractivity contribution is 5.43. The third-order valence-corrected chi connectivity index (χ3v) is 3.94. The van der Waals surface area contributed by atoms with E-state index in [1.807, 2.05) is 36.5 Å². The van der Waals surface area contributed by atoms with Crippen LogP contribution < -0.4 is 0 Å². The van der Waals surface area contributed by atoms with Gasteiger partial charge in [0.05, 0.1) is 12.7 Å². The lowest BCUT2D eigenvalue weighted by Gasteiger charge is -2.18. The summed E-state index contributed by atoms with van der Waals surface area (Å²) in [5, 5.41) is 8.16. The third kappa shape index (κ3) is 4.85. The average Bonchev–Trinajstić information content (AvgIpc) is 3.06. The van der Waals surface area contributed by atoms with Crippen molar-refractivity contribution >= 4 is 0 Å². The zero-order chi connectivity index (χ0) is 18.4. The van der Waals surface area contributed by atoms with E-state index in [4.69, 9.17) is 0 Å². The van der Waals surface area contributed by atoms with Gasteiger partial charge in [-0.15, -0.1) is 5.10 Å². The first-order valence-corrected chi connectivity index (χ1v) is 8.57. The summed E-state index contributed by atoms with van der Waals surface area (Å²) in [7, 11) is 0. The minimum absolute atomic E-state index is 0.150. The number of aromatic nitrogens is 3. The Morgan fingerprint density at radius 1 is 0.885 bits per heavy atom. The molecule has 0 N–H and O–H groups in total. The highest BCUT2D eigenvalue weighted by Gasteiger charge is 2.12. The van der Waals surface area contributed by atoms with E-state index in [-0.39, 0.29) is 5.41 Å². The van der Waals surface area contributed by atoms with Crippen LogP contribution in [-0.4, -0.2) is 15.0 Å². The molecule has 0 aliphatic carbocycles. The van der Waals surface area contributed by atoms with Crippen molar-refractivity contribution in [1.29, 1.82) is 0 Å². The maximum absolute atomic E-state index is 4.10. The maximum Gasteiger partial charge on any atom is 0.156 e. The molecule has 3 aromatic rings. The van der Waals surface area contributed by atoms with Gasteiger partial charge < -0.3 is 0 Å². The van der Waals surface area contributed by atoms with Crippen LogP contribution in [0.3, 0.4) is 0 Å². The average molecular weight is 339 g/mol. The van der Waals surface area contributed by atoms with Crippen LogP contribution in [0.4, 0.5) is 0 Å². The number of hydrogen-bond donors (Lipinski definition) is 0. The predicted molar refractivity (Wildman–Crippen MR) is 104 cm³/mol. The molecule has 0 spiro atoms. The van der Waals surface area contributed by atoms with Crippen molar-refractivity contribution in [3.63, 3.8) is 0 Å². The van der Waals surface area contributed by atoms with Crippen molar-refractivity contribution < 1.29 is 0 Å². The molecule has 0 aliphatic heterocycles. The Hall–Kier alpha value is -3.30. The lowest BCUT2D eigenvalue weighted by molar-refractivity contribution is 0.590. The molecule has 26 heavy (non-hydrogen) atoms. The van der Waals surface area contributed by atoms with Gasteiger partial charge in [0.1, 0.15) is 0 Å². The van der Waals surface area contributed by atoms with Gasteiger partial charge in [-0.3, -0.25) is 0 Å². The largest absolute Gasteiger partial charge is 0.247 e. The van der Waals surface area contributed by atoms with Gasteiger partial charge >= 0.3 is 0 Å². The topological polar surface area (TPSA) is 30.7 Å². The fourth-order valence-corrected chi connectivity index (χ4v) is 2.46. The van der Waals surface area contributed by atoms with Crippen LogP contribution in [0.5, 0.6) is 0 Å². The summed E-state index contributed by atoms with van der Waals surface area (Å²) in [6.07, 6.45) is 1.83. The Kier molecular flexibility index (Phi) is 5.20. The summed E-state index contributed by atoms with van der Waals surface area (Å²) < 4.78 is 1.78. The van der Waals surface area contributed by atoms with Crippen molar-refractivity contribution in [2.24, 2.45) is 0 Å². The number of rotatable bonds is 2. The van der Waals surface area contributed by atoms with Crippen LogP contribution >= 0.6 is 0 Å². The fourth-order valence-electron chi connectivity index (χ4n) is 2.46. The monoisotopic (exact) mass is 339 g/mol. The van der Waals surface area contributed by atoms with Crippen molar-refractivity contribution in [2.75, 3.05) is 0 Å². The Labute approximate surface area is 155 Å². The zero-order valence-corrected chi connectivity index (χ0v) is 15.3. The normalized spacial score (nSPS) is 10.4. The van der Waals surface area contributed by atoms with Crippen LogP contribution in [0.1, 0.15) is 43.2 Å². The molecule has 0 saturated carbocycles. The first-order chi connectivity index (χ1) is 12.5. The van der Waals surface area contributed by atoms with E-state index in [2.05, 4.69) is 79.0 Å². The van der Waals surface area contributed by atoms with Gasteiger partial charge in [0.25, 0.3) is 0 Å². The molecule has 3 heteroatoms. The summed E-state index contributed by atoms with van der Waals surface area (Å²) in [5.41, 5.74) is 4.20. The second-order valence-corrected chi connectivity index (χ2v) is 7.11. The summed E-state index contributed by atoms with van der Waals surface area (Å²) in [6.45, 7) is 7.28. The summed E-state index contributed by atoms with van der Waals surface area (Å²) in [6, 6.07) is 18.4. The molecular weight excluding hydrogens is 318 g/mol. The van der Waals surface area contributed by atoms with Gasteiger partial charge in [-0.1, -0.05) is 74.4 Å². The molecule has 0 bridgehead atoms. The molecule has 0 saturated heterocycles. The van der Waals surface area contributed by atoms with Crippen LogP contribution in [0.2, 0.25) is 0 Å². The Morgan fingerprint density at radius 2 is 1.58 bits per heavy atom. The molecule has 128 valence electrons. The predicted octanol–water partition coefficient (Wildman–Crippen LogP) is 4.03. The summed E-state index contributed by atoms with van der Waals surface area (Å²) in [5.74, 6) is 11.7. The van der Waals surface area contributed by atoms with E-state index < -0.39 is 0 Å². The van der Waals surface area contributed by atoms with E-state index in [0.29, 0.717) is 12.2 Å². The minimum atomic E-state index is 0.150. The van der Waals surface area contributed by atoms with E-state index in [1.54, 1.807) is 4.68 Å². The van der Waals surface area contributed by atoms with Crippen LogP contribution in [0, 0.1) is 23.7 Å². The summed E-state index contributed by atoms with van der Waals surface area (Å²) in [4.78, 5) is 0. The number of hydrogen-bond acceptors (Lipinski definition) is 2. The molecule has 1 heterocycles. The van der Waals surface area contributed by atoms with Crippen molar-refractivity contribution in [3.05, 3.63) is 83.2 Å². The van der Waals surface area contributed by atoms with Gasteiger partial charge in [0.2, 0.25) is 0 Å². The lowest BCUT2D eigenvalue weighted by Crippen LogP contribution is -2.10. The first-order valence-electron chi connectivity index (χ1n) is 8.57. The van der Waals surface area contributed by atoms with E-state index >= 15 is 0 Å². The van der Waals surface area contributed by atoms with Crippen molar-refractivity contribution in [2.45, 2.75) is 32.7 Å². The molecule has 0 fully saturated rings. The Balaban J connectivity index is 1.63. The molecule has 0 amide bonds. The van der Waals surface area contributed by atoms with E-state index in [9.17, 15) is 0 Å². The van der Waals surface area contributed by atoms with Crippen LogP contribution in [0.15, 0.2) is 60.8 Å². The van der Waals surface area contributed by atoms with Crippen molar-refractivity contribution in [3.8, 4) is 23.7 Å². The first kappa shape index (κ1) is 17.5. The van der Waals surface area contributed by atoms with Gasteiger partial charge in [0.15, 0.2) is 5.69 Å². The smallest absolute Gasteiger partial charge is 0.156 e. The van der Waals surface area contributed by atoms with Gasteiger partial charge in [-0.2, -0.15) is 0 Å². The molecule has 1 aromatic heterocycles. The van der Waals surface area contributed by atoms with Gasteiger partial charge in [-0.05, 0) is 46.4 Å². The lowest BCUT2D eigenvalue weighted by atomic mass is 9.87. The molecule has 0 aliphatic rings. The van der Waals surface area contributed by atoms with Crippen LogP contribution in [0.25, 0.3) is 0 Å². The third-order valence-electron chi connectivity index (χ3n) is 3.94. The number of benzene rings is 2. The highest BCUT2D eigenvalue weighted by Crippen LogP contribution is 2.21. The van der Waals surface area contributed by atoms with Crippen LogP contribution in [-0.2, 0) is 12.0 Å². The second-order valence-electron chi connectivity index (χ2n) is 7.11. The molecule has 3 nitrogen and oxygen atoms in total. The van der Waals surface area contributed by atoms with E-state index in [0.717, 1.165) is 5.56 Å². The Bertz CT molecular complexity index is 983. The molecule has 2 aromatic carbocycles. The molecule has 0 unspecified atom stereocenters. The Morgan fingerprint density at radius 3 is 2.27 bits per heavy atom. The highest BCUT2D eigenvalue weighted by atomic mass is 15.4. The number of nitrogens with zero attached hydrogens (tertiary/aromatic N) is 3.